The van der Waals surface area contributed by atoms with Gasteiger partial charge in [0.1, 0.15) is 5.71 Å². The van der Waals surface area contributed by atoms with Crippen molar-refractivity contribution in [2.24, 2.45) is 10.9 Å². The third kappa shape index (κ3) is 2.98. The Balaban J connectivity index is 1.82. The molecule has 5 heteroatoms. The van der Waals surface area contributed by atoms with E-state index >= 15 is 0 Å². The van der Waals surface area contributed by atoms with E-state index in [1.54, 1.807) is 6.20 Å². The third-order valence-corrected chi connectivity index (χ3v) is 5.84. The number of nitrogens with zero attached hydrogens (tertiary/aromatic N) is 3. The summed E-state index contributed by atoms with van der Waals surface area (Å²) >= 11 is 6.50. The molecule has 1 N–H and O–H groups in total. The Morgan fingerprint density at radius 2 is 1.84 bits per heavy atom. The molecule has 2 aliphatic rings. The van der Waals surface area contributed by atoms with Gasteiger partial charge in [-0.05, 0) is 24.5 Å². The highest BCUT2D eigenvalue weighted by molar-refractivity contribution is 6.31. The second-order valence-electron chi connectivity index (χ2n) is 6.97. The van der Waals surface area contributed by atoms with E-state index in [2.05, 4.69) is 15.0 Å². The first kappa shape index (κ1) is 16.4. The molecule has 0 radical (unpaired) electrons. The summed E-state index contributed by atoms with van der Waals surface area (Å²) in [6.07, 6.45) is 9.08. The highest BCUT2D eigenvalue weighted by Crippen LogP contribution is 2.44. The highest BCUT2D eigenvalue weighted by atomic mass is 35.5. The molecule has 1 fully saturated rings. The summed E-state index contributed by atoms with van der Waals surface area (Å²) in [6, 6.07) is 7.54. The Hall–Kier alpha value is -2.12. The number of rotatable bonds is 2. The van der Waals surface area contributed by atoms with E-state index < -0.39 is 0 Å². The van der Waals surface area contributed by atoms with Gasteiger partial charge >= 0.3 is 0 Å². The van der Waals surface area contributed by atoms with E-state index in [-0.39, 0.29) is 12.0 Å². The molecule has 2 atom stereocenters. The molecule has 4 nitrogen and oxygen atoms in total. The topological polar surface area (TPSA) is 45.4 Å². The molecule has 1 aliphatic carbocycles. The first-order valence-electron chi connectivity index (χ1n) is 9.02. The number of hydrogen-bond acceptors (Lipinski definition) is 2. The number of H-pyrrole nitrogens is 1. The van der Waals surface area contributed by atoms with Crippen LogP contribution in [0.1, 0.15) is 55.6 Å². The van der Waals surface area contributed by atoms with Crippen molar-refractivity contribution in [1.29, 1.82) is 0 Å². The number of aliphatic imine (C=N–C) groups is 1. The Morgan fingerprint density at radius 3 is 2.56 bits per heavy atom. The second kappa shape index (κ2) is 7.01. The minimum atomic E-state index is -0.298. The van der Waals surface area contributed by atoms with Gasteiger partial charge in [0, 0.05) is 16.5 Å². The fraction of sp³-hybridized carbons (Fsp3) is 0.450. The maximum Gasteiger partial charge on any atom is 0.272 e. The van der Waals surface area contributed by atoms with Crippen LogP contribution in [-0.2, 0) is 0 Å². The van der Waals surface area contributed by atoms with Crippen molar-refractivity contribution in [1.82, 2.24) is 10.2 Å². The molecular weight excluding hydrogens is 332 g/mol. The molecule has 4 rings (SSSR count). The molecule has 2 heterocycles. The molecule has 1 saturated carbocycles. The van der Waals surface area contributed by atoms with Gasteiger partial charge in [0.2, 0.25) is 0 Å². The van der Waals surface area contributed by atoms with Crippen molar-refractivity contribution < 1.29 is 0 Å². The fourth-order valence-electron chi connectivity index (χ4n) is 4.26. The zero-order valence-corrected chi connectivity index (χ0v) is 14.8. The summed E-state index contributed by atoms with van der Waals surface area (Å²) in [6.45, 7) is 7.92. The van der Waals surface area contributed by atoms with Crippen LogP contribution in [-0.4, -0.2) is 22.0 Å². The number of nitrogens with one attached hydrogen (secondary N) is 1. The molecule has 1 aromatic heterocycles. The predicted molar refractivity (Wildman–Crippen MR) is 101 cm³/mol. The van der Waals surface area contributed by atoms with Crippen LogP contribution >= 0.6 is 11.6 Å². The lowest BCUT2D eigenvalue weighted by molar-refractivity contribution is 0.568. The number of hydrogen-bond donors (Lipinski definition) is 1. The van der Waals surface area contributed by atoms with Crippen molar-refractivity contribution in [2.75, 3.05) is 0 Å². The van der Waals surface area contributed by atoms with Gasteiger partial charge in [0.25, 0.3) is 6.04 Å². The molecule has 0 amide bonds. The van der Waals surface area contributed by atoms with Crippen LogP contribution in [0.25, 0.3) is 4.85 Å². The SMILES string of the molecule is [C-]#[N+]C1C(C2CCCCCC2)=Nc2[nH]ncc2C1c1ccccc1Cl. The summed E-state index contributed by atoms with van der Waals surface area (Å²) < 4.78 is 0. The Bertz CT molecular complexity index is 824. The number of aromatic nitrogens is 2. The van der Waals surface area contributed by atoms with Gasteiger partial charge in [-0.2, -0.15) is 5.10 Å². The monoisotopic (exact) mass is 352 g/mol. The molecule has 0 bridgehead atoms. The lowest BCUT2D eigenvalue weighted by Gasteiger charge is -2.28. The molecule has 0 spiro atoms. The molecule has 25 heavy (non-hydrogen) atoms. The lowest BCUT2D eigenvalue weighted by atomic mass is 9.77. The van der Waals surface area contributed by atoms with Crippen LogP contribution in [0.15, 0.2) is 35.5 Å². The molecule has 2 aromatic rings. The maximum atomic E-state index is 7.92. The fourth-order valence-corrected chi connectivity index (χ4v) is 4.51. The zero-order valence-electron chi connectivity index (χ0n) is 14.1. The van der Waals surface area contributed by atoms with Crippen LogP contribution in [0, 0.1) is 12.5 Å². The van der Waals surface area contributed by atoms with Crippen molar-refractivity contribution >= 4 is 23.1 Å². The normalized spacial score (nSPS) is 24.1. The van der Waals surface area contributed by atoms with Gasteiger partial charge < -0.3 is 4.85 Å². The average Bonchev–Trinajstić information content (AvgIpc) is 2.93. The number of benzene rings is 1. The standard InChI is InChI=1S/C20H21ClN4/c1-22-19-17(14-10-6-7-11-16(14)21)15-12-23-25-20(15)24-18(19)13-8-4-2-3-5-9-13/h6-7,10-13,17,19H,2-5,8-9H2,(H,23,25). The molecule has 2 unspecified atom stereocenters. The molecule has 128 valence electrons. The first-order chi connectivity index (χ1) is 12.3. The van der Waals surface area contributed by atoms with Gasteiger partial charge in [0.15, 0.2) is 5.82 Å². The average molecular weight is 353 g/mol. The van der Waals surface area contributed by atoms with E-state index in [4.69, 9.17) is 23.2 Å². The Morgan fingerprint density at radius 1 is 1.08 bits per heavy atom. The summed E-state index contributed by atoms with van der Waals surface area (Å²) in [4.78, 5) is 8.90. The van der Waals surface area contributed by atoms with E-state index in [1.807, 2.05) is 24.3 Å². The van der Waals surface area contributed by atoms with Crippen LogP contribution in [0.3, 0.4) is 0 Å². The van der Waals surface area contributed by atoms with Crippen molar-refractivity contribution in [3.63, 3.8) is 0 Å². The number of aromatic amines is 1. The van der Waals surface area contributed by atoms with E-state index in [0.29, 0.717) is 10.9 Å². The number of halogens is 1. The van der Waals surface area contributed by atoms with Crippen LogP contribution in [0.4, 0.5) is 5.82 Å². The quantitative estimate of drug-likeness (QED) is 0.559. The maximum absolute atomic E-state index is 7.92. The van der Waals surface area contributed by atoms with Gasteiger partial charge in [-0.1, -0.05) is 55.5 Å². The molecule has 0 saturated heterocycles. The molecular formula is C20H21ClN4. The summed E-state index contributed by atoms with van der Waals surface area (Å²) in [5.74, 6) is 1.09. The zero-order chi connectivity index (χ0) is 17.2. The predicted octanol–water partition coefficient (Wildman–Crippen LogP) is 5.54. The highest BCUT2D eigenvalue weighted by Gasteiger charge is 2.43. The summed E-state index contributed by atoms with van der Waals surface area (Å²) in [5.41, 5.74) is 3.00. The Kier molecular flexibility index (Phi) is 4.59. The van der Waals surface area contributed by atoms with E-state index in [0.717, 1.165) is 35.5 Å². The van der Waals surface area contributed by atoms with Crippen molar-refractivity contribution in [3.05, 3.63) is 58.0 Å². The number of fused-ring (bicyclic) bond motifs is 1. The minimum Gasteiger partial charge on any atom is -0.306 e. The van der Waals surface area contributed by atoms with Crippen LogP contribution < -0.4 is 0 Å². The minimum absolute atomic E-state index is 0.101. The Labute approximate surface area is 153 Å². The van der Waals surface area contributed by atoms with Crippen LogP contribution in [0.5, 0.6) is 0 Å². The first-order valence-corrected chi connectivity index (χ1v) is 9.40. The largest absolute Gasteiger partial charge is 0.306 e. The summed E-state index contributed by atoms with van der Waals surface area (Å²) in [7, 11) is 0. The van der Waals surface area contributed by atoms with Gasteiger partial charge in [-0.25, -0.2) is 11.6 Å². The van der Waals surface area contributed by atoms with Gasteiger partial charge in [-0.3, -0.25) is 5.10 Å². The van der Waals surface area contributed by atoms with Crippen molar-refractivity contribution in [3.8, 4) is 0 Å². The van der Waals surface area contributed by atoms with Crippen LogP contribution in [0.2, 0.25) is 5.02 Å². The van der Waals surface area contributed by atoms with E-state index in [1.165, 1.54) is 25.7 Å². The lowest BCUT2D eigenvalue weighted by Crippen LogP contribution is -2.34. The summed E-state index contributed by atoms with van der Waals surface area (Å²) in [5, 5.41) is 7.92. The second-order valence-corrected chi connectivity index (χ2v) is 7.38. The van der Waals surface area contributed by atoms with E-state index in [9.17, 15) is 0 Å². The third-order valence-electron chi connectivity index (χ3n) is 5.50. The van der Waals surface area contributed by atoms with Gasteiger partial charge in [0.05, 0.1) is 12.1 Å². The molecule has 1 aromatic carbocycles. The van der Waals surface area contributed by atoms with Crippen molar-refractivity contribution in [2.45, 2.75) is 50.5 Å². The van der Waals surface area contributed by atoms with Gasteiger partial charge in [-0.15, -0.1) is 0 Å². The molecule has 1 aliphatic heterocycles. The smallest absolute Gasteiger partial charge is 0.272 e.